The summed E-state index contributed by atoms with van der Waals surface area (Å²) in [6.45, 7) is 6.74. The van der Waals surface area contributed by atoms with E-state index in [1.807, 2.05) is 50.4 Å². The zero-order valence-electron chi connectivity index (χ0n) is 23.9. The van der Waals surface area contributed by atoms with Crippen LogP contribution in [0.3, 0.4) is 0 Å². The van der Waals surface area contributed by atoms with Gasteiger partial charge in [-0.25, -0.2) is 0 Å². The number of benzene rings is 1. The molecule has 1 aromatic rings. The van der Waals surface area contributed by atoms with Gasteiger partial charge in [0.2, 0.25) is 11.8 Å². The van der Waals surface area contributed by atoms with Crippen LogP contribution in [0.15, 0.2) is 24.3 Å². The quantitative estimate of drug-likeness (QED) is 0.515. The molecular formula is C29H38F3N5O4. The Labute approximate surface area is 238 Å². The van der Waals surface area contributed by atoms with Crippen molar-refractivity contribution >= 4 is 17.7 Å². The molecule has 1 aliphatic carbocycles. The number of para-hydroxylation sites is 1. The number of amides is 3. The second kappa shape index (κ2) is 11.5. The van der Waals surface area contributed by atoms with E-state index in [0.717, 1.165) is 23.3 Å². The van der Waals surface area contributed by atoms with Crippen molar-refractivity contribution in [2.75, 3.05) is 20.1 Å². The fourth-order valence-electron chi connectivity index (χ4n) is 5.65. The molecule has 2 N–H and O–H groups in total. The van der Waals surface area contributed by atoms with Gasteiger partial charge in [0, 0.05) is 32.1 Å². The second-order valence-electron chi connectivity index (χ2n) is 12.7. The first kappa shape index (κ1) is 30.6. The van der Waals surface area contributed by atoms with Crippen molar-refractivity contribution in [2.45, 2.75) is 89.3 Å². The lowest BCUT2D eigenvalue weighted by Gasteiger charge is -2.37. The third-order valence-electron chi connectivity index (χ3n) is 7.93. The van der Waals surface area contributed by atoms with Crippen LogP contribution in [-0.2, 0) is 20.9 Å². The van der Waals surface area contributed by atoms with Crippen molar-refractivity contribution in [3.63, 3.8) is 0 Å². The summed E-state index contributed by atoms with van der Waals surface area (Å²) in [5.74, 6) is -2.72. The molecule has 0 radical (unpaired) electrons. The molecule has 3 aliphatic rings. The lowest BCUT2D eigenvalue weighted by Crippen LogP contribution is -2.58. The third-order valence-corrected chi connectivity index (χ3v) is 7.93. The minimum absolute atomic E-state index is 0.0341. The van der Waals surface area contributed by atoms with Gasteiger partial charge in [-0.15, -0.1) is 0 Å². The smallest absolute Gasteiger partial charge is 0.471 e. The van der Waals surface area contributed by atoms with Crippen LogP contribution in [0.4, 0.5) is 13.2 Å². The van der Waals surface area contributed by atoms with Crippen molar-refractivity contribution in [3.8, 4) is 11.8 Å². The van der Waals surface area contributed by atoms with E-state index < -0.39 is 53.0 Å². The van der Waals surface area contributed by atoms with E-state index in [2.05, 4.69) is 11.4 Å². The number of halogens is 3. The van der Waals surface area contributed by atoms with Gasteiger partial charge < -0.3 is 25.2 Å². The number of likely N-dealkylation sites (tertiary alicyclic amines) is 1. The second-order valence-corrected chi connectivity index (χ2v) is 12.7. The van der Waals surface area contributed by atoms with Crippen LogP contribution in [0, 0.1) is 22.7 Å². The molecule has 4 rings (SSSR count). The number of nitriles is 1. The first-order valence-corrected chi connectivity index (χ1v) is 13.9. The molecule has 2 fully saturated rings. The van der Waals surface area contributed by atoms with Gasteiger partial charge >= 0.3 is 12.1 Å². The largest absolute Gasteiger partial charge is 0.484 e. The van der Waals surface area contributed by atoms with E-state index in [9.17, 15) is 32.8 Å². The molecule has 12 heteroatoms. The average Bonchev–Trinajstić information content (AvgIpc) is 3.66. The van der Waals surface area contributed by atoms with E-state index in [-0.39, 0.29) is 31.7 Å². The minimum Gasteiger partial charge on any atom is -0.484 e. The number of carbonyl (C=O) groups is 3. The first-order valence-electron chi connectivity index (χ1n) is 13.9. The number of alkyl halides is 3. The molecule has 0 bridgehead atoms. The Hall–Kier alpha value is -3.33. The number of nitrogens with zero attached hydrogens (tertiary/aromatic N) is 3. The van der Waals surface area contributed by atoms with Crippen LogP contribution in [0.2, 0.25) is 0 Å². The summed E-state index contributed by atoms with van der Waals surface area (Å²) in [5.41, 5.74) is -0.358. The van der Waals surface area contributed by atoms with E-state index in [1.54, 1.807) is 0 Å². The molecule has 1 aromatic carbocycles. The van der Waals surface area contributed by atoms with Crippen LogP contribution in [0.1, 0.15) is 58.4 Å². The molecule has 4 atom stereocenters. The van der Waals surface area contributed by atoms with Crippen molar-refractivity contribution in [3.05, 3.63) is 29.8 Å². The highest BCUT2D eigenvalue weighted by atomic mass is 19.4. The van der Waals surface area contributed by atoms with Crippen molar-refractivity contribution in [1.29, 1.82) is 5.26 Å². The van der Waals surface area contributed by atoms with E-state index in [0.29, 0.717) is 18.8 Å². The topological polar surface area (TPSA) is 115 Å². The highest BCUT2D eigenvalue weighted by molar-refractivity contribution is 5.93. The van der Waals surface area contributed by atoms with Crippen LogP contribution in [0.5, 0.6) is 5.75 Å². The van der Waals surface area contributed by atoms with Gasteiger partial charge in [0.05, 0.1) is 12.6 Å². The minimum atomic E-state index is -5.14. The fourth-order valence-corrected chi connectivity index (χ4v) is 5.65. The summed E-state index contributed by atoms with van der Waals surface area (Å²) in [4.78, 5) is 42.1. The highest BCUT2D eigenvalue weighted by Crippen LogP contribution is 2.37. The normalized spacial score (nSPS) is 24.0. The Kier molecular flexibility index (Phi) is 8.60. The lowest BCUT2D eigenvalue weighted by atomic mass is 9.86. The summed E-state index contributed by atoms with van der Waals surface area (Å²) in [7, 11) is 1.38. The Bertz CT molecular complexity index is 1210. The number of likely N-dealkylation sites (N-methyl/N-ethyl adjacent to an activating group) is 1. The van der Waals surface area contributed by atoms with Gasteiger partial charge in [-0.1, -0.05) is 51.8 Å². The predicted molar refractivity (Wildman–Crippen MR) is 143 cm³/mol. The lowest BCUT2D eigenvalue weighted by molar-refractivity contribution is -0.175. The summed E-state index contributed by atoms with van der Waals surface area (Å²) in [5, 5.41) is 15.2. The molecule has 0 aromatic heterocycles. The zero-order chi connectivity index (χ0) is 30.2. The maximum atomic E-state index is 14.2. The molecule has 4 unspecified atom stereocenters. The Morgan fingerprint density at radius 1 is 1.24 bits per heavy atom. The monoisotopic (exact) mass is 577 g/mol. The molecule has 3 amide bonds. The summed E-state index contributed by atoms with van der Waals surface area (Å²) in [6, 6.07) is 6.45. The zero-order valence-corrected chi connectivity index (χ0v) is 23.9. The maximum Gasteiger partial charge on any atom is 0.471 e. The number of nitrogens with one attached hydrogen (secondary N) is 2. The van der Waals surface area contributed by atoms with E-state index in [1.165, 1.54) is 11.9 Å². The Balaban J connectivity index is 1.59. The molecule has 1 saturated heterocycles. The van der Waals surface area contributed by atoms with Gasteiger partial charge in [0.1, 0.15) is 29.5 Å². The Morgan fingerprint density at radius 2 is 1.93 bits per heavy atom. The molecule has 41 heavy (non-hydrogen) atoms. The van der Waals surface area contributed by atoms with Gasteiger partial charge in [-0.3, -0.25) is 14.4 Å². The fraction of sp³-hybridized carbons (Fsp3) is 0.655. The van der Waals surface area contributed by atoms with Crippen molar-refractivity contribution in [1.82, 2.24) is 20.4 Å². The number of carbonyl (C=O) groups excluding carboxylic acids is 3. The number of fused-ring (bicyclic) bond motifs is 1. The van der Waals surface area contributed by atoms with Gasteiger partial charge in [-0.05, 0) is 30.2 Å². The highest BCUT2D eigenvalue weighted by Gasteiger charge is 2.51. The van der Waals surface area contributed by atoms with E-state index >= 15 is 0 Å². The van der Waals surface area contributed by atoms with Gasteiger partial charge in [0.25, 0.3) is 0 Å². The van der Waals surface area contributed by atoms with Crippen LogP contribution >= 0.6 is 0 Å². The number of hydrogen-bond acceptors (Lipinski definition) is 6. The summed E-state index contributed by atoms with van der Waals surface area (Å²) in [6.07, 6.45) is -3.11. The van der Waals surface area contributed by atoms with E-state index in [4.69, 9.17) is 4.74 Å². The number of rotatable bonds is 7. The predicted octanol–water partition coefficient (Wildman–Crippen LogP) is 3.14. The third kappa shape index (κ3) is 7.31. The van der Waals surface area contributed by atoms with Gasteiger partial charge in [0.15, 0.2) is 0 Å². The standard InChI is InChI=1S/C29H38F3N5O4/c1-27(2,3)13-22(36(4)24(38)21(11-18-9-10-18)35-26(40)29(30,31)32)25(39)37-17-28(12-20(37)14-33)16-34-15-19-7-5-6-8-23(19)41-28/h5-8,18,20-22,34H,9-13,15-17H2,1-4H3,(H,35,40). The van der Waals surface area contributed by atoms with Gasteiger partial charge in [-0.2, -0.15) is 18.4 Å². The molecule has 1 spiro atoms. The SMILES string of the molecule is CN(C(=O)C(CC1CC1)NC(=O)C(F)(F)F)C(CC(C)(C)C)C(=O)N1CC2(CNCc3ccccc3O2)CC1C#N. The molecule has 9 nitrogen and oxygen atoms in total. The average molecular weight is 578 g/mol. The molecule has 2 heterocycles. The summed E-state index contributed by atoms with van der Waals surface area (Å²) >= 11 is 0. The van der Waals surface area contributed by atoms with Crippen molar-refractivity contribution < 1.29 is 32.3 Å². The summed E-state index contributed by atoms with van der Waals surface area (Å²) < 4.78 is 45.6. The van der Waals surface area contributed by atoms with Crippen molar-refractivity contribution in [2.24, 2.45) is 11.3 Å². The maximum absolute atomic E-state index is 14.2. The molecule has 2 aliphatic heterocycles. The Morgan fingerprint density at radius 3 is 2.54 bits per heavy atom. The number of hydrogen-bond donors (Lipinski definition) is 2. The molecular weight excluding hydrogens is 539 g/mol. The van der Waals surface area contributed by atoms with Crippen LogP contribution < -0.4 is 15.4 Å². The first-order chi connectivity index (χ1) is 19.1. The van der Waals surface area contributed by atoms with Crippen LogP contribution in [-0.4, -0.2) is 77.6 Å². The molecule has 1 saturated carbocycles. The molecule has 224 valence electrons. The number of ether oxygens (including phenoxy) is 1. The van der Waals surface area contributed by atoms with Crippen LogP contribution in [0.25, 0.3) is 0 Å².